The van der Waals surface area contributed by atoms with Gasteiger partial charge in [-0.1, -0.05) is 19.0 Å². The number of halogens is 1. The van der Waals surface area contributed by atoms with Crippen molar-refractivity contribution in [3.8, 4) is 0 Å². The first-order valence-corrected chi connectivity index (χ1v) is 9.25. The SMILES string of the molecule is CC(C)[C@H](N)C(=O)N1CCC(CNC(=O)c2cc(C3CC3)on2)CC1.Cl. The van der Waals surface area contributed by atoms with Gasteiger partial charge in [-0.25, -0.2) is 0 Å². The minimum Gasteiger partial charge on any atom is -0.360 e. The number of nitrogens with two attached hydrogens (primary N) is 1. The second kappa shape index (κ2) is 8.86. The van der Waals surface area contributed by atoms with Gasteiger partial charge in [0.05, 0.1) is 6.04 Å². The van der Waals surface area contributed by atoms with Crippen molar-refractivity contribution in [2.75, 3.05) is 19.6 Å². The largest absolute Gasteiger partial charge is 0.360 e. The fourth-order valence-corrected chi connectivity index (χ4v) is 3.14. The predicted octanol–water partition coefficient (Wildman–Crippen LogP) is 1.93. The Kier molecular flexibility index (Phi) is 7.06. The number of nitrogens with one attached hydrogen (secondary N) is 1. The summed E-state index contributed by atoms with van der Waals surface area (Å²) in [6.07, 6.45) is 3.99. The molecule has 3 N–H and O–H groups in total. The van der Waals surface area contributed by atoms with Crippen LogP contribution in [0.1, 0.15) is 61.7 Å². The minimum absolute atomic E-state index is 0. The van der Waals surface area contributed by atoms with Crippen molar-refractivity contribution in [3.05, 3.63) is 17.5 Å². The molecule has 1 aromatic heterocycles. The summed E-state index contributed by atoms with van der Waals surface area (Å²) in [5.41, 5.74) is 6.31. The van der Waals surface area contributed by atoms with Gasteiger partial charge in [0, 0.05) is 31.6 Å². The van der Waals surface area contributed by atoms with Gasteiger partial charge < -0.3 is 20.5 Å². The average molecular weight is 385 g/mol. The summed E-state index contributed by atoms with van der Waals surface area (Å²) in [5, 5.41) is 6.80. The normalized spacial score (nSPS) is 19.2. The molecule has 7 nitrogen and oxygen atoms in total. The van der Waals surface area contributed by atoms with Crippen molar-refractivity contribution in [3.63, 3.8) is 0 Å². The highest BCUT2D eigenvalue weighted by atomic mass is 35.5. The summed E-state index contributed by atoms with van der Waals surface area (Å²) in [5.74, 6) is 1.64. The first kappa shape index (κ1) is 20.7. The molecule has 1 aromatic rings. The van der Waals surface area contributed by atoms with Gasteiger partial charge >= 0.3 is 0 Å². The lowest BCUT2D eigenvalue weighted by Crippen LogP contribution is -2.50. The van der Waals surface area contributed by atoms with Crippen molar-refractivity contribution in [1.82, 2.24) is 15.4 Å². The van der Waals surface area contributed by atoms with Crippen LogP contribution < -0.4 is 11.1 Å². The topological polar surface area (TPSA) is 101 Å². The third-order valence-corrected chi connectivity index (χ3v) is 5.22. The van der Waals surface area contributed by atoms with Crippen LogP contribution >= 0.6 is 12.4 Å². The molecule has 8 heteroatoms. The summed E-state index contributed by atoms with van der Waals surface area (Å²) >= 11 is 0. The summed E-state index contributed by atoms with van der Waals surface area (Å²) < 4.78 is 5.22. The summed E-state index contributed by atoms with van der Waals surface area (Å²) in [6, 6.07) is 1.32. The maximum Gasteiger partial charge on any atom is 0.273 e. The van der Waals surface area contributed by atoms with Crippen molar-refractivity contribution in [2.24, 2.45) is 17.6 Å². The monoisotopic (exact) mass is 384 g/mol. The van der Waals surface area contributed by atoms with Gasteiger partial charge in [-0.3, -0.25) is 9.59 Å². The summed E-state index contributed by atoms with van der Waals surface area (Å²) in [7, 11) is 0. The van der Waals surface area contributed by atoms with Crippen LogP contribution in [-0.4, -0.2) is 47.5 Å². The van der Waals surface area contributed by atoms with E-state index in [1.165, 1.54) is 0 Å². The van der Waals surface area contributed by atoms with Crippen molar-refractivity contribution in [1.29, 1.82) is 0 Å². The molecule has 1 saturated heterocycles. The number of nitrogens with zero attached hydrogens (tertiary/aromatic N) is 2. The second-order valence-corrected chi connectivity index (χ2v) is 7.64. The summed E-state index contributed by atoms with van der Waals surface area (Å²) in [4.78, 5) is 26.3. The van der Waals surface area contributed by atoms with Gasteiger partial charge in [0.2, 0.25) is 5.91 Å². The molecule has 2 aliphatic rings. The lowest BCUT2D eigenvalue weighted by Gasteiger charge is -2.34. The minimum atomic E-state index is -0.427. The molecule has 0 aromatic carbocycles. The van der Waals surface area contributed by atoms with Crippen LogP contribution in [0.5, 0.6) is 0 Å². The van der Waals surface area contributed by atoms with E-state index in [-0.39, 0.29) is 30.1 Å². The number of hydrogen-bond donors (Lipinski definition) is 2. The van der Waals surface area contributed by atoms with Crippen molar-refractivity contribution < 1.29 is 14.1 Å². The molecule has 2 heterocycles. The smallest absolute Gasteiger partial charge is 0.273 e. The fraction of sp³-hybridized carbons (Fsp3) is 0.722. The number of amides is 2. The van der Waals surface area contributed by atoms with Gasteiger partial charge in [0.15, 0.2) is 5.69 Å². The molecule has 0 unspecified atom stereocenters. The molecular formula is C18H29ClN4O3. The van der Waals surface area contributed by atoms with Crippen LogP contribution in [0.15, 0.2) is 10.6 Å². The Bertz CT molecular complexity index is 622. The van der Waals surface area contributed by atoms with E-state index in [9.17, 15) is 9.59 Å². The Balaban J connectivity index is 0.00000243. The molecule has 26 heavy (non-hydrogen) atoms. The van der Waals surface area contributed by atoms with Crippen LogP contribution in [0.3, 0.4) is 0 Å². The fourth-order valence-electron chi connectivity index (χ4n) is 3.14. The van der Waals surface area contributed by atoms with E-state index in [2.05, 4.69) is 10.5 Å². The molecule has 1 saturated carbocycles. The van der Waals surface area contributed by atoms with Crippen LogP contribution in [0, 0.1) is 11.8 Å². The molecule has 2 fully saturated rings. The van der Waals surface area contributed by atoms with Crippen LogP contribution in [0.4, 0.5) is 0 Å². The highest BCUT2D eigenvalue weighted by molar-refractivity contribution is 5.92. The van der Waals surface area contributed by atoms with Gasteiger partial charge in [0.1, 0.15) is 5.76 Å². The second-order valence-electron chi connectivity index (χ2n) is 7.64. The molecule has 2 amide bonds. The highest BCUT2D eigenvalue weighted by Gasteiger charge is 2.30. The van der Waals surface area contributed by atoms with Crippen LogP contribution in [0.2, 0.25) is 0 Å². The Morgan fingerprint density at radius 2 is 1.96 bits per heavy atom. The molecule has 1 atom stereocenters. The van der Waals surface area contributed by atoms with E-state index in [1.54, 1.807) is 6.07 Å². The molecule has 146 valence electrons. The molecule has 1 aliphatic heterocycles. The zero-order valence-electron chi connectivity index (χ0n) is 15.4. The average Bonchev–Trinajstić information content (AvgIpc) is 3.35. The maximum absolute atomic E-state index is 12.3. The van der Waals surface area contributed by atoms with E-state index in [4.69, 9.17) is 10.3 Å². The number of carbonyl (C=O) groups is 2. The van der Waals surface area contributed by atoms with Crippen molar-refractivity contribution in [2.45, 2.75) is 51.5 Å². The number of rotatable bonds is 6. The molecule has 1 aliphatic carbocycles. The van der Waals surface area contributed by atoms with Gasteiger partial charge in [0.25, 0.3) is 5.91 Å². The third kappa shape index (κ3) is 4.98. The first-order chi connectivity index (χ1) is 12.0. The van der Waals surface area contributed by atoms with Gasteiger partial charge in [-0.15, -0.1) is 12.4 Å². The Morgan fingerprint density at radius 3 is 2.54 bits per heavy atom. The quantitative estimate of drug-likeness (QED) is 0.780. The highest BCUT2D eigenvalue weighted by Crippen LogP contribution is 2.40. The zero-order valence-corrected chi connectivity index (χ0v) is 16.3. The Labute approximate surface area is 160 Å². The van der Waals surface area contributed by atoms with E-state index in [1.807, 2.05) is 18.7 Å². The third-order valence-electron chi connectivity index (χ3n) is 5.22. The molecule has 0 spiro atoms. The van der Waals surface area contributed by atoms with Gasteiger partial charge in [-0.05, 0) is 37.5 Å². The number of likely N-dealkylation sites (tertiary alicyclic amines) is 1. The van der Waals surface area contributed by atoms with Crippen LogP contribution in [0.25, 0.3) is 0 Å². The standard InChI is InChI=1S/C18H28N4O3.ClH/c1-11(2)16(19)18(24)22-7-5-12(6-8-22)10-20-17(23)14-9-15(25-21-14)13-3-4-13;/h9,11-13,16H,3-8,10,19H2,1-2H3,(H,20,23);1H/t16-;/m0./s1. The number of piperidine rings is 1. The Hall–Kier alpha value is -1.60. The lowest BCUT2D eigenvalue weighted by atomic mass is 9.95. The zero-order chi connectivity index (χ0) is 18.0. The first-order valence-electron chi connectivity index (χ1n) is 9.25. The predicted molar refractivity (Wildman–Crippen MR) is 100 cm³/mol. The molecule has 0 bridgehead atoms. The van der Waals surface area contributed by atoms with E-state index < -0.39 is 6.04 Å². The number of carbonyl (C=O) groups excluding carboxylic acids is 2. The van der Waals surface area contributed by atoms with E-state index in [0.29, 0.717) is 37.2 Å². The Morgan fingerprint density at radius 1 is 1.31 bits per heavy atom. The lowest BCUT2D eigenvalue weighted by molar-refractivity contribution is -0.134. The molecular weight excluding hydrogens is 356 g/mol. The summed E-state index contributed by atoms with van der Waals surface area (Å²) in [6.45, 7) is 5.93. The van der Waals surface area contributed by atoms with Gasteiger partial charge in [-0.2, -0.15) is 0 Å². The molecule has 3 rings (SSSR count). The maximum atomic E-state index is 12.3. The van der Waals surface area contributed by atoms with Crippen molar-refractivity contribution >= 4 is 24.2 Å². The number of hydrogen-bond acceptors (Lipinski definition) is 5. The number of aromatic nitrogens is 1. The molecule has 0 radical (unpaired) electrons. The van der Waals surface area contributed by atoms with E-state index in [0.717, 1.165) is 31.4 Å². The van der Waals surface area contributed by atoms with E-state index >= 15 is 0 Å². The van der Waals surface area contributed by atoms with Crippen LogP contribution in [-0.2, 0) is 4.79 Å².